The zero-order valence-corrected chi connectivity index (χ0v) is 16.9. The lowest BCUT2D eigenvalue weighted by Gasteiger charge is -2.12. The Labute approximate surface area is 167 Å². The molecule has 0 aliphatic carbocycles. The predicted molar refractivity (Wildman–Crippen MR) is 116 cm³/mol. The van der Waals surface area contributed by atoms with Gasteiger partial charge in [0, 0.05) is 11.1 Å². The van der Waals surface area contributed by atoms with Crippen LogP contribution in [-0.2, 0) is 7.05 Å². The molecule has 0 spiro atoms. The summed E-state index contributed by atoms with van der Waals surface area (Å²) in [4.78, 5) is 5.12. The molecular weight excluding hydrogens is 340 g/mol. The second-order valence-corrected chi connectivity index (χ2v) is 7.48. The lowest BCUT2D eigenvalue weighted by atomic mass is 9.97. The third-order valence-corrected chi connectivity index (χ3v) is 5.16. The maximum atomic E-state index is 5.12. The van der Waals surface area contributed by atoms with Crippen LogP contribution >= 0.6 is 0 Å². The Kier molecular flexibility index (Phi) is 4.79. The SMILES string of the molecule is Cc1ccc(-c2nc(-c3ccccc3)c[n+](C)c2-c2ccc(C)cc2C)cc1. The van der Waals surface area contributed by atoms with Crippen molar-refractivity contribution in [2.75, 3.05) is 0 Å². The maximum Gasteiger partial charge on any atom is 0.239 e. The van der Waals surface area contributed by atoms with Crippen molar-refractivity contribution in [3.05, 3.63) is 95.7 Å². The highest BCUT2D eigenvalue weighted by Crippen LogP contribution is 2.32. The normalized spacial score (nSPS) is 10.9. The van der Waals surface area contributed by atoms with Crippen LogP contribution in [0.25, 0.3) is 33.8 Å². The Morgan fingerprint density at radius 2 is 1.39 bits per heavy atom. The molecule has 4 rings (SSSR count). The van der Waals surface area contributed by atoms with E-state index in [0.29, 0.717) is 0 Å². The summed E-state index contributed by atoms with van der Waals surface area (Å²) in [5.74, 6) is 0. The Morgan fingerprint density at radius 1 is 0.714 bits per heavy atom. The number of benzene rings is 3. The Morgan fingerprint density at radius 3 is 2.07 bits per heavy atom. The summed E-state index contributed by atoms with van der Waals surface area (Å²) >= 11 is 0. The van der Waals surface area contributed by atoms with Gasteiger partial charge in [0.2, 0.25) is 5.69 Å². The van der Waals surface area contributed by atoms with Crippen molar-refractivity contribution in [3.8, 4) is 33.8 Å². The van der Waals surface area contributed by atoms with Gasteiger partial charge in [-0.3, -0.25) is 0 Å². The smallest absolute Gasteiger partial charge is 0.234 e. The number of hydrogen-bond acceptors (Lipinski definition) is 1. The molecule has 0 bridgehead atoms. The average molecular weight is 366 g/mol. The lowest BCUT2D eigenvalue weighted by Crippen LogP contribution is -2.32. The monoisotopic (exact) mass is 365 g/mol. The molecule has 0 radical (unpaired) electrons. The number of aryl methyl sites for hydroxylation is 4. The minimum atomic E-state index is 0.979. The number of nitrogens with zero attached hydrogens (tertiary/aromatic N) is 2. The molecule has 28 heavy (non-hydrogen) atoms. The molecule has 0 unspecified atom stereocenters. The van der Waals surface area contributed by atoms with E-state index in [-0.39, 0.29) is 0 Å². The fourth-order valence-electron chi connectivity index (χ4n) is 3.67. The topological polar surface area (TPSA) is 16.8 Å². The summed E-state index contributed by atoms with van der Waals surface area (Å²) in [7, 11) is 2.11. The van der Waals surface area contributed by atoms with Crippen LogP contribution < -0.4 is 4.57 Å². The molecule has 0 aliphatic heterocycles. The van der Waals surface area contributed by atoms with Gasteiger partial charge in [0.25, 0.3) is 0 Å². The summed E-state index contributed by atoms with van der Waals surface area (Å²) in [5, 5.41) is 0. The number of hydrogen-bond donors (Lipinski definition) is 0. The minimum Gasteiger partial charge on any atom is -0.234 e. The summed E-state index contributed by atoms with van der Waals surface area (Å²) in [6, 6.07) is 25.6. The maximum absolute atomic E-state index is 5.12. The zero-order valence-electron chi connectivity index (χ0n) is 16.9. The lowest BCUT2D eigenvalue weighted by molar-refractivity contribution is -0.659. The van der Waals surface area contributed by atoms with Crippen molar-refractivity contribution >= 4 is 0 Å². The molecule has 0 amide bonds. The molecule has 0 aliphatic rings. The van der Waals surface area contributed by atoms with Gasteiger partial charge in [-0.2, -0.15) is 4.57 Å². The van der Waals surface area contributed by atoms with Crippen molar-refractivity contribution in [1.29, 1.82) is 0 Å². The Balaban J connectivity index is 2.00. The van der Waals surface area contributed by atoms with Gasteiger partial charge in [-0.15, -0.1) is 0 Å². The first kappa shape index (κ1) is 18.1. The highest BCUT2D eigenvalue weighted by molar-refractivity contribution is 5.79. The van der Waals surface area contributed by atoms with E-state index in [4.69, 9.17) is 4.98 Å². The van der Waals surface area contributed by atoms with E-state index in [0.717, 1.165) is 28.2 Å². The Bertz CT molecular complexity index is 1130. The first-order valence-corrected chi connectivity index (χ1v) is 9.63. The van der Waals surface area contributed by atoms with Gasteiger partial charge in [-0.25, -0.2) is 4.98 Å². The summed E-state index contributed by atoms with van der Waals surface area (Å²) in [5.41, 5.74) is 10.4. The van der Waals surface area contributed by atoms with Crippen LogP contribution in [0.1, 0.15) is 16.7 Å². The molecule has 0 atom stereocenters. The summed E-state index contributed by atoms with van der Waals surface area (Å²) < 4.78 is 2.21. The average Bonchev–Trinajstić information content (AvgIpc) is 2.69. The van der Waals surface area contributed by atoms with Crippen molar-refractivity contribution < 1.29 is 4.57 Å². The molecule has 0 N–H and O–H groups in total. The van der Waals surface area contributed by atoms with Gasteiger partial charge in [-0.1, -0.05) is 77.9 Å². The van der Waals surface area contributed by atoms with Gasteiger partial charge in [0.15, 0.2) is 6.20 Å². The molecule has 0 saturated carbocycles. The molecule has 3 aromatic carbocycles. The first-order valence-electron chi connectivity index (χ1n) is 9.63. The van der Waals surface area contributed by atoms with Crippen LogP contribution in [0.3, 0.4) is 0 Å². The second-order valence-electron chi connectivity index (χ2n) is 7.48. The number of rotatable bonds is 3. The van der Waals surface area contributed by atoms with E-state index < -0.39 is 0 Å². The van der Waals surface area contributed by atoms with Crippen LogP contribution in [0.5, 0.6) is 0 Å². The predicted octanol–water partition coefficient (Wildman–Crippen LogP) is 5.83. The second kappa shape index (κ2) is 7.40. The largest absolute Gasteiger partial charge is 0.239 e. The van der Waals surface area contributed by atoms with Crippen molar-refractivity contribution in [2.45, 2.75) is 20.8 Å². The number of aromatic nitrogens is 2. The summed E-state index contributed by atoms with van der Waals surface area (Å²) in [6.07, 6.45) is 2.13. The van der Waals surface area contributed by atoms with E-state index in [1.807, 2.05) is 6.07 Å². The van der Waals surface area contributed by atoms with Crippen LogP contribution in [-0.4, -0.2) is 4.98 Å². The van der Waals surface area contributed by atoms with Crippen LogP contribution in [0.4, 0.5) is 0 Å². The third-order valence-electron chi connectivity index (χ3n) is 5.16. The van der Waals surface area contributed by atoms with E-state index in [1.165, 1.54) is 22.3 Å². The highest BCUT2D eigenvalue weighted by atomic mass is 15.0. The Hall–Kier alpha value is -3.26. The van der Waals surface area contributed by atoms with Crippen LogP contribution in [0.2, 0.25) is 0 Å². The first-order chi connectivity index (χ1) is 13.5. The van der Waals surface area contributed by atoms with Gasteiger partial charge >= 0.3 is 0 Å². The van der Waals surface area contributed by atoms with Crippen molar-refractivity contribution in [2.24, 2.45) is 7.05 Å². The third kappa shape index (κ3) is 3.46. The molecule has 1 heterocycles. The van der Waals surface area contributed by atoms with Crippen molar-refractivity contribution in [3.63, 3.8) is 0 Å². The fraction of sp³-hybridized carbons (Fsp3) is 0.154. The molecule has 138 valence electrons. The van der Waals surface area contributed by atoms with Crippen LogP contribution in [0, 0.1) is 20.8 Å². The van der Waals surface area contributed by atoms with Gasteiger partial charge < -0.3 is 0 Å². The highest BCUT2D eigenvalue weighted by Gasteiger charge is 2.23. The molecule has 4 aromatic rings. The van der Waals surface area contributed by atoms with Gasteiger partial charge in [-0.05, 0) is 32.4 Å². The van der Waals surface area contributed by atoms with Gasteiger partial charge in [0.1, 0.15) is 18.4 Å². The molecule has 2 nitrogen and oxygen atoms in total. The van der Waals surface area contributed by atoms with Crippen LogP contribution in [0.15, 0.2) is 79.0 Å². The van der Waals surface area contributed by atoms with E-state index in [1.54, 1.807) is 0 Å². The fourth-order valence-corrected chi connectivity index (χ4v) is 3.67. The standard InChI is InChI=1S/C26H25N2/c1-18-10-13-22(14-11-18)25-26(23-15-12-19(2)16-20(23)3)28(4)17-24(27-25)21-8-6-5-7-9-21/h5-17H,1-4H3/q+1. The van der Waals surface area contributed by atoms with Crippen molar-refractivity contribution in [1.82, 2.24) is 4.98 Å². The minimum absolute atomic E-state index is 0.979. The van der Waals surface area contributed by atoms with E-state index in [2.05, 4.69) is 105 Å². The molecule has 0 saturated heterocycles. The van der Waals surface area contributed by atoms with E-state index >= 15 is 0 Å². The zero-order chi connectivity index (χ0) is 19.7. The quantitative estimate of drug-likeness (QED) is 0.417. The van der Waals surface area contributed by atoms with Gasteiger partial charge in [0.05, 0.1) is 5.56 Å². The summed E-state index contributed by atoms with van der Waals surface area (Å²) in [6.45, 7) is 6.42. The molecule has 0 fully saturated rings. The molecule has 1 aromatic heterocycles. The molecular formula is C26H25N2+. The van der Waals surface area contributed by atoms with E-state index in [9.17, 15) is 0 Å². The molecule has 2 heteroatoms.